The van der Waals surface area contributed by atoms with Gasteiger partial charge in [0.2, 0.25) is 0 Å². The lowest BCUT2D eigenvalue weighted by atomic mass is 10.5. The number of nitrogens with one attached hydrogen (secondary N) is 1. The van der Waals surface area contributed by atoms with Crippen LogP contribution < -0.4 is 4.90 Å². The summed E-state index contributed by atoms with van der Waals surface area (Å²) in [6.45, 7) is 3.32. The summed E-state index contributed by atoms with van der Waals surface area (Å²) in [6.07, 6.45) is 0. The number of rotatable bonds is 0. The van der Waals surface area contributed by atoms with Crippen LogP contribution >= 0.6 is 0 Å². The van der Waals surface area contributed by atoms with Crippen LogP contribution in [0.15, 0.2) is 0 Å². The van der Waals surface area contributed by atoms with Crippen molar-refractivity contribution < 1.29 is 9.64 Å². The van der Waals surface area contributed by atoms with Crippen LogP contribution in [0, 0.1) is 0 Å². The molecule has 2 aliphatic rings. The normalized spacial score (nSPS) is 50.7. The predicted molar refractivity (Wildman–Crippen MR) is 33.1 cm³/mol. The monoisotopic (exact) mass is 129 g/mol. The van der Waals surface area contributed by atoms with Crippen molar-refractivity contribution in [3.8, 4) is 0 Å². The minimum Gasteiger partial charge on any atom is -0.301 e. The fourth-order valence-corrected chi connectivity index (χ4v) is 1.57. The molecule has 2 atom stereocenters. The van der Waals surface area contributed by atoms with Gasteiger partial charge >= 0.3 is 0 Å². The Kier molecular flexibility index (Phi) is 0.928. The van der Waals surface area contributed by atoms with E-state index in [0.29, 0.717) is 0 Å². The molecule has 2 aliphatic heterocycles. The van der Waals surface area contributed by atoms with Gasteiger partial charge in [-0.2, -0.15) is 0 Å². The molecule has 3 nitrogen and oxygen atoms in total. The van der Waals surface area contributed by atoms with Gasteiger partial charge in [0, 0.05) is 0 Å². The fraction of sp³-hybridized carbons (Fsp3) is 1.00. The summed E-state index contributed by atoms with van der Waals surface area (Å²) in [5, 5.41) is 0. The molecule has 0 aromatic carbocycles. The Morgan fingerprint density at radius 1 is 1.67 bits per heavy atom. The van der Waals surface area contributed by atoms with Gasteiger partial charge in [-0.05, 0) is 7.05 Å². The molecule has 1 N–H and O–H groups in total. The third kappa shape index (κ3) is 0.569. The van der Waals surface area contributed by atoms with Gasteiger partial charge in [0.05, 0.1) is 20.1 Å². The van der Waals surface area contributed by atoms with E-state index >= 15 is 0 Å². The van der Waals surface area contributed by atoms with Crippen LogP contribution in [0.4, 0.5) is 0 Å². The van der Waals surface area contributed by atoms with Gasteiger partial charge < -0.3 is 4.74 Å². The minimum atomic E-state index is 0.111. The summed E-state index contributed by atoms with van der Waals surface area (Å²) in [6, 6.07) is 0. The van der Waals surface area contributed by atoms with Crippen LogP contribution in [0.3, 0.4) is 0 Å². The zero-order valence-electron chi connectivity index (χ0n) is 5.98. The van der Waals surface area contributed by atoms with Gasteiger partial charge in [-0.15, -0.1) is 0 Å². The first-order valence-corrected chi connectivity index (χ1v) is 3.44. The number of epoxide rings is 1. The molecule has 0 amide bonds. The standard InChI is InChI=1S/C6H12N2O/c1-7-3-4-8(2)6(7)5-9-6/h3-5H2,1-2H3/p+1. The highest BCUT2D eigenvalue weighted by Gasteiger charge is 2.60. The van der Waals surface area contributed by atoms with Gasteiger partial charge in [0.15, 0.2) is 6.61 Å². The van der Waals surface area contributed by atoms with E-state index in [1.54, 1.807) is 0 Å². The first-order chi connectivity index (χ1) is 4.26. The summed E-state index contributed by atoms with van der Waals surface area (Å²) in [7, 11) is 4.32. The average Bonchev–Trinajstić information content (AvgIpc) is 2.56. The maximum absolute atomic E-state index is 5.37. The molecular weight excluding hydrogens is 116 g/mol. The van der Waals surface area contributed by atoms with E-state index in [-0.39, 0.29) is 5.85 Å². The summed E-state index contributed by atoms with van der Waals surface area (Å²) in [4.78, 5) is 3.80. The summed E-state index contributed by atoms with van der Waals surface area (Å²) >= 11 is 0. The van der Waals surface area contributed by atoms with Crippen LogP contribution in [-0.4, -0.2) is 44.5 Å². The Morgan fingerprint density at radius 3 is 2.56 bits per heavy atom. The Hall–Kier alpha value is -0.120. The third-order valence-electron chi connectivity index (χ3n) is 2.52. The van der Waals surface area contributed by atoms with E-state index in [2.05, 4.69) is 19.0 Å². The van der Waals surface area contributed by atoms with Crippen LogP contribution in [0.25, 0.3) is 0 Å². The Labute approximate surface area is 55.2 Å². The number of ether oxygens (including phenoxy) is 1. The largest absolute Gasteiger partial charge is 0.301 e. The van der Waals surface area contributed by atoms with Crippen LogP contribution in [0.2, 0.25) is 0 Å². The molecule has 2 heterocycles. The lowest BCUT2D eigenvalue weighted by Gasteiger charge is -2.15. The first kappa shape index (κ1) is 5.65. The van der Waals surface area contributed by atoms with E-state index in [4.69, 9.17) is 4.74 Å². The molecule has 0 aliphatic carbocycles. The van der Waals surface area contributed by atoms with E-state index in [9.17, 15) is 0 Å². The molecule has 2 saturated heterocycles. The van der Waals surface area contributed by atoms with Crippen molar-refractivity contribution in [2.75, 3.05) is 33.8 Å². The van der Waals surface area contributed by atoms with Gasteiger partial charge in [-0.3, -0.25) is 4.90 Å². The molecule has 0 saturated carbocycles. The van der Waals surface area contributed by atoms with Gasteiger partial charge in [-0.1, -0.05) is 0 Å². The zero-order valence-corrected chi connectivity index (χ0v) is 5.98. The van der Waals surface area contributed by atoms with Crippen molar-refractivity contribution in [1.29, 1.82) is 0 Å². The SMILES string of the molecule is CN1CC[NH+](C)C12CO2. The molecule has 52 valence electrons. The second-order valence-corrected chi connectivity index (χ2v) is 3.02. The maximum Gasteiger partial charge on any atom is 0.289 e. The zero-order chi connectivity index (χ0) is 6.48. The highest BCUT2D eigenvalue weighted by molar-refractivity contribution is 4.82. The average molecular weight is 129 g/mol. The molecule has 1 spiro atoms. The van der Waals surface area contributed by atoms with Crippen molar-refractivity contribution in [3.63, 3.8) is 0 Å². The summed E-state index contributed by atoms with van der Waals surface area (Å²) in [5.41, 5.74) is 0. The van der Waals surface area contributed by atoms with Crippen molar-refractivity contribution in [2.45, 2.75) is 5.85 Å². The molecule has 2 fully saturated rings. The fourth-order valence-electron chi connectivity index (χ4n) is 1.57. The van der Waals surface area contributed by atoms with E-state index in [1.807, 2.05) is 0 Å². The number of likely N-dealkylation sites (N-methyl/N-ethyl adjacent to an activating group) is 2. The number of quaternary nitrogens is 1. The smallest absolute Gasteiger partial charge is 0.289 e. The molecule has 2 rings (SSSR count). The van der Waals surface area contributed by atoms with Crippen LogP contribution in [-0.2, 0) is 4.74 Å². The molecule has 0 radical (unpaired) electrons. The molecule has 0 aromatic rings. The topological polar surface area (TPSA) is 20.2 Å². The highest BCUT2D eigenvalue weighted by atomic mass is 16.6. The molecule has 0 bridgehead atoms. The van der Waals surface area contributed by atoms with E-state index < -0.39 is 0 Å². The van der Waals surface area contributed by atoms with Crippen molar-refractivity contribution in [2.24, 2.45) is 0 Å². The lowest BCUT2D eigenvalue weighted by molar-refractivity contribution is -0.922. The summed E-state index contributed by atoms with van der Waals surface area (Å²) < 4.78 is 5.37. The quantitative estimate of drug-likeness (QED) is 0.387. The van der Waals surface area contributed by atoms with Crippen molar-refractivity contribution >= 4 is 0 Å². The molecular formula is C6H13N2O+. The summed E-state index contributed by atoms with van der Waals surface area (Å²) in [5.74, 6) is 0.111. The van der Waals surface area contributed by atoms with E-state index in [1.165, 1.54) is 18.0 Å². The Morgan fingerprint density at radius 2 is 2.33 bits per heavy atom. The molecule has 9 heavy (non-hydrogen) atoms. The van der Waals surface area contributed by atoms with Gasteiger partial charge in [0.25, 0.3) is 5.85 Å². The molecule has 0 aromatic heterocycles. The van der Waals surface area contributed by atoms with Gasteiger partial charge in [-0.25, -0.2) is 4.90 Å². The third-order valence-corrected chi connectivity index (χ3v) is 2.52. The lowest BCUT2D eigenvalue weighted by Crippen LogP contribution is -3.13. The molecule has 2 unspecified atom stereocenters. The number of nitrogens with zero attached hydrogens (tertiary/aromatic N) is 1. The second-order valence-electron chi connectivity index (χ2n) is 3.02. The minimum absolute atomic E-state index is 0.111. The Balaban J connectivity index is 2.17. The van der Waals surface area contributed by atoms with Gasteiger partial charge in [0.1, 0.15) is 0 Å². The van der Waals surface area contributed by atoms with Crippen LogP contribution in [0.1, 0.15) is 0 Å². The van der Waals surface area contributed by atoms with Crippen molar-refractivity contribution in [1.82, 2.24) is 4.90 Å². The molecule has 3 heteroatoms. The maximum atomic E-state index is 5.37. The number of hydrogen-bond donors (Lipinski definition) is 1. The van der Waals surface area contributed by atoms with Crippen LogP contribution in [0.5, 0.6) is 0 Å². The van der Waals surface area contributed by atoms with E-state index in [0.717, 1.165) is 6.61 Å². The van der Waals surface area contributed by atoms with Crippen molar-refractivity contribution in [3.05, 3.63) is 0 Å². The predicted octanol–water partition coefficient (Wildman–Crippen LogP) is -1.87. The first-order valence-electron chi connectivity index (χ1n) is 3.44. The second kappa shape index (κ2) is 1.48. The number of hydrogen-bond acceptors (Lipinski definition) is 2. The highest BCUT2D eigenvalue weighted by Crippen LogP contribution is 2.24. The Bertz CT molecular complexity index is 121.